The van der Waals surface area contributed by atoms with Gasteiger partial charge in [-0.05, 0) is 31.4 Å². The lowest BCUT2D eigenvalue weighted by Gasteiger charge is -2.31. The third kappa shape index (κ3) is 3.32. The van der Waals surface area contributed by atoms with Crippen LogP contribution in [0, 0.1) is 5.41 Å². The standard InChI is InChI=1S/C13H24N2O2S/c1-13(9-16)6-2-5-11(13)15-12(17)14-10-4-3-7-18-8-10/h10-11,16H,2-9H2,1H3,(H2,14,15,17). The molecular weight excluding hydrogens is 248 g/mol. The number of carbonyl (C=O) groups is 1. The molecule has 1 aliphatic carbocycles. The minimum Gasteiger partial charge on any atom is -0.396 e. The van der Waals surface area contributed by atoms with Gasteiger partial charge in [0.25, 0.3) is 0 Å². The second kappa shape index (κ2) is 6.15. The Morgan fingerprint density at radius 2 is 2.22 bits per heavy atom. The third-order valence-electron chi connectivity index (χ3n) is 4.24. The van der Waals surface area contributed by atoms with Gasteiger partial charge in [0, 0.05) is 23.3 Å². The van der Waals surface area contributed by atoms with Crippen molar-refractivity contribution in [2.45, 2.75) is 51.1 Å². The van der Waals surface area contributed by atoms with Gasteiger partial charge in [-0.1, -0.05) is 13.3 Å². The van der Waals surface area contributed by atoms with Gasteiger partial charge in [-0.3, -0.25) is 0 Å². The Bertz CT molecular complexity index is 295. The summed E-state index contributed by atoms with van der Waals surface area (Å²) in [6, 6.07) is 0.360. The highest BCUT2D eigenvalue weighted by Gasteiger charge is 2.39. The van der Waals surface area contributed by atoms with Crippen LogP contribution in [0.2, 0.25) is 0 Å². The number of aliphatic hydroxyl groups excluding tert-OH is 1. The average molecular weight is 272 g/mol. The van der Waals surface area contributed by atoms with Gasteiger partial charge in [0.1, 0.15) is 0 Å². The maximum atomic E-state index is 12.0. The highest BCUT2D eigenvalue weighted by atomic mass is 32.2. The van der Waals surface area contributed by atoms with E-state index in [9.17, 15) is 9.90 Å². The molecule has 104 valence electrons. The molecule has 3 atom stereocenters. The van der Waals surface area contributed by atoms with Gasteiger partial charge in [0.15, 0.2) is 0 Å². The number of rotatable bonds is 3. The van der Waals surface area contributed by atoms with Crippen LogP contribution >= 0.6 is 11.8 Å². The van der Waals surface area contributed by atoms with E-state index in [1.54, 1.807) is 0 Å². The molecule has 1 aliphatic heterocycles. The monoisotopic (exact) mass is 272 g/mol. The Balaban J connectivity index is 1.79. The summed E-state index contributed by atoms with van der Waals surface area (Å²) in [6.07, 6.45) is 5.33. The average Bonchev–Trinajstić information content (AvgIpc) is 2.73. The second-order valence-corrected chi connectivity index (χ2v) is 6.94. The van der Waals surface area contributed by atoms with Crippen molar-refractivity contribution in [3.05, 3.63) is 0 Å². The van der Waals surface area contributed by atoms with Crippen LogP contribution in [0.25, 0.3) is 0 Å². The number of nitrogens with one attached hydrogen (secondary N) is 2. The number of thioether (sulfide) groups is 1. The van der Waals surface area contributed by atoms with E-state index in [0.717, 1.165) is 31.4 Å². The summed E-state index contributed by atoms with van der Waals surface area (Å²) in [6.45, 7) is 2.21. The van der Waals surface area contributed by atoms with E-state index in [1.165, 1.54) is 12.2 Å². The number of carbonyl (C=O) groups excluding carboxylic acids is 1. The lowest BCUT2D eigenvalue weighted by atomic mass is 9.86. The molecule has 1 saturated heterocycles. The van der Waals surface area contributed by atoms with E-state index in [0.29, 0.717) is 6.04 Å². The molecule has 2 fully saturated rings. The highest BCUT2D eigenvalue weighted by molar-refractivity contribution is 7.99. The van der Waals surface area contributed by atoms with Crippen LogP contribution in [0.1, 0.15) is 39.0 Å². The van der Waals surface area contributed by atoms with Crippen LogP contribution in [0.4, 0.5) is 4.79 Å². The van der Waals surface area contributed by atoms with Crippen molar-refractivity contribution < 1.29 is 9.90 Å². The van der Waals surface area contributed by atoms with Crippen molar-refractivity contribution >= 4 is 17.8 Å². The Hall–Kier alpha value is -0.420. The van der Waals surface area contributed by atoms with Crippen LogP contribution in [-0.4, -0.2) is 41.3 Å². The zero-order valence-electron chi connectivity index (χ0n) is 11.1. The summed E-state index contributed by atoms with van der Waals surface area (Å²) in [5, 5.41) is 15.6. The minimum absolute atomic E-state index is 0.0610. The molecule has 0 bridgehead atoms. The maximum Gasteiger partial charge on any atom is 0.315 e. The highest BCUT2D eigenvalue weighted by Crippen LogP contribution is 2.37. The lowest BCUT2D eigenvalue weighted by Crippen LogP contribution is -2.51. The predicted octanol–water partition coefficient (Wildman–Crippen LogP) is 1.73. The molecule has 1 saturated carbocycles. The molecule has 1 heterocycles. The fourth-order valence-electron chi connectivity index (χ4n) is 2.91. The molecule has 4 nitrogen and oxygen atoms in total. The molecular formula is C13H24N2O2S. The van der Waals surface area contributed by atoms with Gasteiger partial charge in [-0.15, -0.1) is 0 Å². The van der Waals surface area contributed by atoms with Crippen LogP contribution in [0.15, 0.2) is 0 Å². The van der Waals surface area contributed by atoms with Crippen molar-refractivity contribution in [3.8, 4) is 0 Å². The molecule has 2 aliphatic rings. The quantitative estimate of drug-likeness (QED) is 0.733. The first-order valence-electron chi connectivity index (χ1n) is 6.90. The number of amides is 2. The van der Waals surface area contributed by atoms with E-state index in [2.05, 4.69) is 17.6 Å². The lowest BCUT2D eigenvalue weighted by molar-refractivity contribution is 0.120. The van der Waals surface area contributed by atoms with Crippen LogP contribution in [-0.2, 0) is 0 Å². The van der Waals surface area contributed by atoms with E-state index in [1.807, 2.05) is 11.8 Å². The van der Waals surface area contributed by atoms with E-state index < -0.39 is 0 Å². The van der Waals surface area contributed by atoms with Gasteiger partial charge in [-0.2, -0.15) is 11.8 Å². The zero-order valence-corrected chi connectivity index (χ0v) is 11.9. The minimum atomic E-state index is -0.140. The van der Waals surface area contributed by atoms with Crippen molar-refractivity contribution in [1.29, 1.82) is 0 Å². The van der Waals surface area contributed by atoms with E-state index in [4.69, 9.17) is 0 Å². The third-order valence-corrected chi connectivity index (χ3v) is 5.46. The number of hydrogen-bond acceptors (Lipinski definition) is 3. The van der Waals surface area contributed by atoms with Gasteiger partial charge in [0.2, 0.25) is 0 Å². The molecule has 3 N–H and O–H groups in total. The molecule has 2 rings (SSSR count). The Morgan fingerprint density at radius 1 is 1.39 bits per heavy atom. The number of hydrogen-bond donors (Lipinski definition) is 3. The van der Waals surface area contributed by atoms with Gasteiger partial charge in [0.05, 0.1) is 6.61 Å². The van der Waals surface area contributed by atoms with Crippen LogP contribution in [0.3, 0.4) is 0 Å². The number of aliphatic hydroxyl groups is 1. The number of urea groups is 1. The Kier molecular flexibility index (Phi) is 4.78. The van der Waals surface area contributed by atoms with Gasteiger partial charge >= 0.3 is 6.03 Å². The molecule has 2 amide bonds. The fourth-order valence-corrected chi connectivity index (χ4v) is 3.98. The molecule has 0 radical (unpaired) electrons. The molecule has 0 aromatic carbocycles. The topological polar surface area (TPSA) is 61.4 Å². The van der Waals surface area contributed by atoms with Crippen LogP contribution < -0.4 is 10.6 Å². The Labute approximate surface area is 113 Å². The molecule has 5 heteroatoms. The van der Waals surface area contributed by atoms with Crippen molar-refractivity contribution in [3.63, 3.8) is 0 Å². The van der Waals surface area contributed by atoms with Crippen molar-refractivity contribution in [1.82, 2.24) is 10.6 Å². The summed E-state index contributed by atoms with van der Waals surface area (Å²) in [4.78, 5) is 12.0. The first-order valence-corrected chi connectivity index (χ1v) is 8.05. The summed E-state index contributed by atoms with van der Waals surface area (Å²) >= 11 is 1.91. The van der Waals surface area contributed by atoms with Gasteiger partial charge in [-0.25, -0.2) is 4.79 Å². The molecule has 0 aromatic rings. The van der Waals surface area contributed by atoms with Gasteiger partial charge < -0.3 is 15.7 Å². The summed E-state index contributed by atoms with van der Waals surface area (Å²) in [5.74, 6) is 2.24. The second-order valence-electron chi connectivity index (χ2n) is 5.79. The normalized spacial score (nSPS) is 36.3. The SMILES string of the molecule is CC1(CO)CCCC1NC(=O)NC1CCCSC1. The summed E-state index contributed by atoms with van der Waals surface area (Å²) in [7, 11) is 0. The van der Waals surface area contributed by atoms with E-state index >= 15 is 0 Å². The predicted molar refractivity (Wildman–Crippen MR) is 74.8 cm³/mol. The van der Waals surface area contributed by atoms with Crippen molar-refractivity contribution in [2.24, 2.45) is 5.41 Å². The maximum absolute atomic E-state index is 12.0. The van der Waals surface area contributed by atoms with E-state index in [-0.39, 0.29) is 24.1 Å². The molecule has 18 heavy (non-hydrogen) atoms. The zero-order chi connectivity index (χ0) is 13.0. The van der Waals surface area contributed by atoms with Crippen molar-refractivity contribution in [2.75, 3.05) is 18.1 Å². The molecule has 0 aromatic heterocycles. The first kappa shape index (κ1) is 14.0. The summed E-state index contributed by atoms with van der Waals surface area (Å²) < 4.78 is 0. The Morgan fingerprint density at radius 3 is 2.89 bits per heavy atom. The smallest absolute Gasteiger partial charge is 0.315 e. The largest absolute Gasteiger partial charge is 0.396 e. The summed E-state index contributed by atoms with van der Waals surface area (Å²) in [5.41, 5.74) is -0.140. The molecule has 3 unspecified atom stereocenters. The first-order chi connectivity index (χ1) is 8.64. The van der Waals surface area contributed by atoms with Crippen LogP contribution in [0.5, 0.6) is 0 Å². The fraction of sp³-hybridized carbons (Fsp3) is 0.923. The molecule has 0 spiro atoms.